The monoisotopic (exact) mass is 623 g/mol. The Bertz CT molecular complexity index is 540. The fraction of sp³-hybridized carbons (Fsp3) is 0.444. The van der Waals surface area contributed by atoms with Crippen LogP contribution >= 0.6 is 59.9 Å². The van der Waals surface area contributed by atoms with Crippen molar-refractivity contribution in [3.05, 3.63) is 11.6 Å². The van der Waals surface area contributed by atoms with Gasteiger partial charge in [-0.3, -0.25) is 0 Å². The molecule has 0 unspecified atom stereocenters. The van der Waals surface area contributed by atoms with Crippen LogP contribution in [0.15, 0.2) is 0 Å². The predicted molar refractivity (Wildman–Crippen MR) is 97.4 cm³/mol. The molecule has 0 aliphatic rings. The number of imidazole rings is 1. The number of hydrogen-bond acceptors (Lipinski definition) is 4. The van der Waals surface area contributed by atoms with Gasteiger partial charge in [0.05, 0.1) is 0 Å². The number of nitrogens with zero attached hydrogens (tertiary/aromatic N) is 4. The number of hydrogen-bond donors (Lipinski definition) is 1. The summed E-state index contributed by atoms with van der Waals surface area (Å²) >= 11 is 7.39. The molecular weight excluding hydrogens is 610 g/mol. The molecule has 0 radical (unpaired) electrons. The zero-order valence-electron chi connectivity index (χ0n) is 10.4. The summed E-state index contributed by atoms with van der Waals surface area (Å²) in [5, 5.41) is 3.02. The first-order chi connectivity index (χ1) is 8.36. The SMILES string of the molecule is CNc1nc(C)nc2c1nc(C)n2C.[I][V]([I])[I]. The molecule has 0 aliphatic carbocycles. The van der Waals surface area contributed by atoms with Crippen LogP contribution in [0, 0.1) is 13.8 Å². The Morgan fingerprint density at radius 2 is 1.67 bits per heavy atom. The normalized spacial score (nSPS) is 10.4. The van der Waals surface area contributed by atoms with Crippen molar-refractivity contribution in [3.8, 4) is 0 Å². The van der Waals surface area contributed by atoms with Crippen LogP contribution in [0.2, 0.25) is 0 Å². The van der Waals surface area contributed by atoms with Crippen LogP contribution in [0.3, 0.4) is 0 Å². The van der Waals surface area contributed by atoms with Crippen molar-refractivity contribution in [2.24, 2.45) is 7.05 Å². The van der Waals surface area contributed by atoms with E-state index in [-0.39, 0.29) is 4.92 Å². The summed E-state index contributed by atoms with van der Waals surface area (Å²) in [5.74, 6) is 2.48. The minimum atomic E-state index is -0.278. The standard InChI is InChI=1S/C9H13N5.3HI.V/c1-5-11-8(10-3)7-9(12-5)14(4)6(2)13-7;;;;/h1-4H3,(H,10,11,12);3*1H;/q;;;;+3/p-3. The Balaban J connectivity index is 0.000000357. The van der Waals surface area contributed by atoms with E-state index < -0.39 is 0 Å². The summed E-state index contributed by atoms with van der Waals surface area (Å²) in [4.78, 5) is 12.8. The van der Waals surface area contributed by atoms with E-state index in [1.165, 1.54) is 0 Å². The molecule has 2 heterocycles. The Kier molecular flexibility index (Phi) is 7.43. The van der Waals surface area contributed by atoms with E-state index in [2.05, 4.69) is 80.2 Å². The molecule has 18 heavy (non-hydrogen) atoms. The number of halogens is 3. The van der Waals surface area contributed by atoms with Gasteiger partial charge in [-0.25, -0.2) is 15.0 Å². The van der Waals surface area contributed by atoms with E-state index in [9.17, 15) is 0 Å². The quantitative estimate of drug-likeness (QED) is 0.494. The molecule has 100 valence electrons. The van der Waals surface area contributed by atoms with E-state index in [0.717, 1.165) is 28.6 Å². The van der Waals surface area contributed by atoms with Gasteiger partial charge in [0.15, 0.2) is 17.0 Å². The molecule has 0 saturated carbocycles. The Morgan fingerprint density at radius 1 is 1.11 bits per heavy atom. The van der Waals surface area contributed by atoms with E-state index in [1.54, 1.807) is 0 Å². The molecule has 0 atom stereocenters. The summed E-state index contributed by atoms with van der Waals surface area (Å²) in [7, 11) is 3.79. The number of nitrogens with one attached hydrogen (secondary N) is 1. The van der Waals surface area contributed by atoms with Crippen molar-refractivity contribution in [1.29, 1.82) is 0 Å². The van der Waals surface area contributed by atoms with E-state index in [4.69, 9.17) is 0 Å². The van der Waals surface area contributed by atoms with Gasteiger partial charge in [-0.05, 0) is 13.8 Å². The molecule has 9 heteroatoms. The van der Waals surface area contributed by atoms with Crippen LogP contribution in [0.5, 0.6) is 0 Å². The second kappa shape index (κ2) is 7.79. The second-order valence-corrected chi connectivity index (χ2v) is 38.8. The van der Waals surface area contributed by atoms with Crippen LogP contribution in [0.25, 0.3) is 11.2 Å². The van der Waals surface area contributed by atoms with Crippen molar-refractivity contribution in [2.75, 3.05) is 12.4 Å². The van der Waals surface area contributed by atoms with Gasteiger partial charge < -0.3 is 9.88 Å². The van der Waals surface area contributed by atoms with Gasteiger partial charge in [-0.1, -0.05) is 0 Å². The molecule has 0 fully saturated rings. The van der Waals surface area contributed by atoms with Gasteiger partial charge in [-0.2, -0.15) is 0 Å². The fourth-order valence-electron chi connectivity index (χ4n) is 1.45. The number of rotatable bonds is 1. The zero-order valence-corrected chi connectivity index (χ0v) is 18.2. The van der Waals surface area contributed by atoms with Crippen LogP contribution < -0.4 is 5.32 Å². The molecule has 2 aromatic rings. The maximum absolute atomic E-state index is 4.40. The first-order valence-corrected chi connectivity index (χ1v) is 18.5. The van der Waals surface area contributed by atoms with Crippen LogP contribution in [0.1, 0.15) is 11.6 Å². The van der Waals surface area contributed by atoms with E-state index in [1.807, 2.05) is 32.5 Å². The molecule has 0 bridgehead atoms. The molecule has 1 N–H and O–H groups in total. The molecule has 0 aliphatic heterocycles. The van der Waals surface area contributed by atoms with Gasteiger partial charge >= 0.3 is 64.9 Å². The van der Waals surface area contributed by atoms with Crippen LogP contribution in [-0.4, -0.2) is 26.6 Å². The van der Waals surface area contributed by atoms with Crippen LogP contribution in [-0.2, 0) is 12.0 Å². The number of aryl methyl sites for hydroxylation is 3. The first-order valence-electron chi connectivity index (χ1n) is 4.99. The number of fused-ring (bicyclic) bond motifs is 1. The number of anilines is 1. The average molecular weight is 623 g/mol. The zero-order chi connectivity index (χ0) is 13.9. The van der Waals surface area contributed by atoms with Crippen molar-refractivity contribution in [1.82, 2.24) is 19.5 Å². The summed E-state index contributed by atoms with van der Waals surface area (Å²) in [6, 6.07) is 0. The Morgan fingerprint density at radius 3 is 2.17 bits per heavy atom. The summed E-state index contributed by atoms with van der Waals surface area (Å²) in [6.45, 7) is 3.83. The Hall–Kier alpha value is 1.12. The van der Waals surface area contributed by atoms with Crippen molar-refractivity contribution in [3.63, 3.8) is 0 Å². The molecule has 0 amide bonds. The van der Waals surface area contributed by atoms with E-state index in [0.29, 0.717) is 0 Å². The third kappa shape index (κ3) is 4.60. The fourth-order valence-corrected chi connectivity index (χ4v) is 1.45. The first kappa shape index (κ1) is 17.2. The predicted octanol–water partition coefficient (Wildman–Crippen LogP) is 3.68. The van der Waals surface area contributed by atoms with Crippen LogP contribution in [0.4, 0.5) is 5.82 Å². The van der Waals surface area contributed by atoms with Gasteiger partial charge in [0, 0.05) is 14.1 Å². The summed E-state index contributed by atoms with van der Waals surface area (Å²) < 4.78 is 1.96. The molecule has 5 nitrogen and oxygen atoms in total. The van der Waals surface area contributed by atoms with Crippen molar-refractivity contribution < 1.29 is 4.92 Å². The van der Waals surface area contributed by atoms with Gasteiger partial charge in [0.2, 0.25) is 0 Å². The van der Waals surface area contributed by atoms with Gasteiger partial charge in [0.1, 0.15) is 11.6 Å². The van der Waals surface area contributed by atoms with Crippen molar-refractivity contribution in [2.45, 2.75) is 13.8 Å². The summed E-state index contributed by atoms with van der Waals surface area (Å²) in [6.07, 6.45) is 0. The third-order valence-corrected chi connectivity index (χ3v) is 2.29. The minimum absolute atomic E-state index is 0.278. The maximum atomic E-state index is 4.40. The van der Waals surface area contributed by atoms with Gasteiger partial charge in [-0.15, -0.1) is 0 Å². The molecule has 0 spiro atoms. The second-order valence-electron chi connectivity index (χ2n) is 3.45. The molecular formula is C9H13I3N5V. The molecule has 2 aromatic heterocycles. The average Bonchev–Trinajstić information content (AvgIpc) is 2.54. The summed E-state index contributed by atoms with van der Waals surface area (Å²) in [5.41, 5.74) is 1.71. The number of aromatic nitrogens is 4. The molecule has 0 saturated heterocycles. The van der Waals surface area contributed by atoms with Gasteiger partial charge in [0.25, 0.3) is 0 Å². The molecule has 0 aromatic carbocycles. The van der Waals surface area contributed by atoms with E-state index >= 15 is 0 Å². The molecule has 2 rings (SSSR count). The topological polar surface area (TPSA) is 55.6 Å². The Labute approximate surface area is 144 Å². The third-order valence-electron chi connectivity index (χ3n) is 2.29. The van der Waals surface area contributed by atoms with Crippen molar-refractivity contribution >= 4 is 76.9 Å².